The van der Waals surface area contributed by atoms with Gasteiger partial charge in [0.05, 0.1) is 6.54 Å². The van der Waals surface area contributed by atoms with Crippen LogP contribution in [0.3, 0.4) is 0 Å². The molecule has 0 N–H and O–H groups in total. The van der Waals surface area contributed by atoms with Crippen molar-refractivity contribution in [3.63, 3.8) is 0 Å². The van der Waals surface area contributed by atoms with Crippen molar-refractivity contribution in [1.29, 1.82) is 0 Å². The van der Waals surface area contributed by atoms with E-state index in [0.717, 1.165) is 0 Å². The lowest BCUT2D eigenvalue weighted by atomic mass is 10.3. The molecule has 70 valence electrons. The maximum absolute atomic E-state index is 12.8. The lowest BCUT2D eigenvalue weighted by molar-refractivity contribution is 0.364. The molecule has 13 heavy (non-hydrogen) atoms. The third kappa shape index (κ3) is 1.88. The predicted octanol–water partition coefficient (Wildman–Crippen LogP) is 1.68. The van der Waals surface area contributed by atoms with E-state index in [2.05, 4.69) is 9.97 Å². The minimum Gasteiger partial charge on any atom is -0.353 e. The zero-order chi connectivity index (χ0) is 9.26. The Kier molecular flexibility index (Phi) is 2.31. The van der Waals surface area contributed by atoms with Crippen LogP contribution in [0.5, 0.6) is 0 Å². The van der Waals surface area contributed by atoms with Crippen molar-refractivity contribution < 1.29 is 4.39 Å². The van der Waals surface area contributed by atoms with E-state index >= 15 is 0 Å². The minimum absolute atomic E-state index is 0.396. The number of nitrogens with zero attached hydrogens (tertiary/aromatic N) is 3. The van der Waals surface area contributed by atoms with Crippen LogP contribution in [-0.4, -0.2) is 29.2 Å². The van der Waals surface area contributed by atoms with Crippen molar-refractivity contribution in [1.82, 2.24) is 9.97 Å². The second-order valence-corrected chi connectivity index (χ2v) is 3.42. The lowest BCUT2D eigenvalue weighted by Gasteiger charge is -2.15. The third-order valence-electron chi connectivity index (χ3n) is 2.07. The fourth-order valence-electron chi connectivity index (χ4n) is 1.42. The first-order valence-electron chi connectivity index (χ1n) is 4.12. The van der Waals surface area contributed by atoms with Crippen LogP contribution in [0.25, 0.3) is 0 Å². The molecule has 2 heterocycles. The van der Waals surface area contributed by atoms with Gasteiger partial charge in [0.15, 0.2) is 0 Å². The molecule has 0 amide bonds. The summed E-state index contributed by atoms with van der Waals surface area (Å²) in [5, 5.41) is 0.396. The predicted molar refractivity (Wildman–Crippen MR) is 48.8 cm³/mol. The number of anilines is 1. The molecule has 1 aliphatic rings. The van der Waals surface area contributed by atoms with Gasteiger partial charge in [-0.3, -0.25) is 0 Å². The normalized spacial score (nSPS) is 22.3. The van der Waals surface area contributed by atoms with E-state index in [1.165, 1.54) is 6.33 Å². The highest BCUT2D eigenvalue weighted by Gasteiger charge is 2.22. The molecule has 3 nitrogen and oxygen atoms in total. The Hall–Kier alpha value is -0.900. The van der Waals surface area contributed by atoms with Gasteiger partial charge in [0.25, 0.3) is 0 Å². The van der Waals surface area contributed by atoms with Gasteiger partial charge in [-0.1, -0.05) is 11.6 Å². The zero-order valence-electron chi connectivity index (χ0n) is 6.95. The number of hydrogen-bond donors (Lipinski definition) is 0. The van der Waals surface area contributed by atoms with Gasteiger partial charge in [-0.25, -0.2) is 14.4 Å². The van der Waals surface area contributed by atoms with E-state index in [0.29, 0.717) is 30.5 Å². The number of halogens is 2. The van der Waals surface area contributed by atoms with E-state index in [1.54, 1.807) is 6.07 Å². The molecular weight excluding hydrogens is 193 g/mol. The molecular formula is C8H9ClFN3. The van der Waals surface area contributed by atoms with E-state index < -0.39 is 6.17 Å². The van der Waals surface area contributed by atoms with Gasteiger partial charge in [0.2, 0.25) is 0 Å². The summed E-state index contributed by atoms with van der Waals surface area (Å²) in [6.07, 6.45) is 1.22. The fraction of sp³-hybridized carbons (Fsp3) is 0.500. The van der Waals surface area contributed by atoms with Crippen LogP contribution in [0.4, 0.5) is 10.2 Å². The number of alkyl halides is 1. The second-order valence-electron chi connectivity index (χ2n) is 3.03. The van der Waals surface area contributed by atoms with Crippen molar-refractivity contribution in [3.05, 3.63) is 17.5 Å². The highest BCUT2D eigenvalue weighted by molar-refractivity contribution is 6.29. The molecule has 1 aromatic heterocycles. The zero-order valence-corrected chi connectivity index (χ0v) is 7.71. The number of hydrogen-bond acceptors (Lipinski definition) is 3. The molecule has 1 aromatic rings. The highest BCUT2D eigenvalue weighted by atomic mass is 35.5. The Morgan fingerprint density at radius 2 is 2.38 bits per heavy atom. The van der Waals surface area contributed by atoms with Gasteiger partial charge in [-0.05, 0) is 6.42 Å². The van der Waals surface area contributed by atoms with Gasteiger partial charge in [0, 0.05) is 12.6 Å². The molecule has 0 aromatic carbocycles. The number of rotatable bonds is 1. The first kappa shape index (κ1) is 8.69. The second kappa shape index (κ2) is 3.46. The maximum atomic E-state index is 12.8. The largest absolute Gasteiger partial charge is 0.353 e. The summed E-state index contributed by atoms with van der Waals surface area (Å²) in [5.74, 6) is 0.708. The van der Waals surface area contributed by atoms with Crippen LogP contribution in [0, 0.1) is 0 Å². The molecule has 1 unspecified atom stereocenters. The summed E-state index contributed by atoms with van der Waals surface area (Å²) < 4.78 is 12.8. The Balaban J connectivity index is 2.16. The molecule has 0 radical (unpaired) electrons. The fourth-order valence-corrected chi connectivity index (χ4v) is 1.56. The molecule has 5 heteroatoms. The Bertz CT molecular complexity index is 307. The molecule has 0 saturated carbocycles. The van der Waals surface area contributed by atoms with E-state index in [-0.39, 0.29) is 0 Å². The van der Waals surface area contributed by atoms with Crippen molar-refractivity contribution in [2.45, 2.75) is 12.6 Å². The quantitative estimate of drug-likeness (QED) is 0.648. The topological polar surface area (TPSA) is 29.0 Å². The van der Waals surface area contributed by atoms with Crippen molar-refractivity contribution in [2.24, 2.45) is 0 Å². The van der Waals surface area contributed by atoms with Crippen LogP contribution < -0.4 is 4.90 Å². The Morgan fingerprint density at radius 1 is 1.54 bits per heavy atom. The van der Waals surface area contributed by atoms with Crippen LogP contribution in [0.1, 0.15) is 6.42 Å². The van der Waals surface area contributed by atoms with Gasteiger partial charge in [-0.15, -0.1) is 0 Å². The standard InChI is InChI=1S/C8H9ClFN3/c9-7-3-8(12-5-11-7)13-2-1-6(10)4-13/h3,5-6H,1-2,4H2. The third-order valence-corrected chi connectivity index (χ3v) is 2.28. The molecule has 1 saturated heterocycles. The first-order chi connectivity index (χ1) is 6.25. The SMILES string of the molecule is FC1CCN(c2cc(Cl)ncn2)C1. The van der Waals surface area contributed by atoms with Gasteiger partial charge in [0.1, 0.15) is 23.5 Å². The number of aromatic nitrogens is 2. The average Bonchev–Trinajstić information content (AvgIpc) is 2.52. The van der Waals surface area contributed by atoms with Gasteiger partial charge < -0.3 is 4.90 Å². The Morgan fingerprint density at radius 3 is 3.00 bits per heavy atom. The molecule has 2 rings (SSSR count). The van der Waals surface area contributed by atoms with Crippen molar-refractivity contribution >= 4 is 17.4 Å². The maximum Gasteiger partial charge on any atom is 0.134 e. The molecule has 1 fully saturated rings. The average molecular weight is 202 g/mol. The van der Waals surface area contributed by atoms with Crippen LogP contribution in [-0.2, 0) is 0 Å². The van der Waals surface area contributed by atoms with Gasteiger partial charge in [-0.2, -0.15) is 0 Å². The smallest absolute Gasteiger partial charge is 0.134 e. The highest BCUT2D eigenvalue weighted by Crippen LogP contribution is 2.20. The van der Waals surface area contributed by atoms with Crippen LogP contribution in [0.2, 0.25) is 5.15 Å². The molecule has 1 aliphatic heterocycles. The van der Waals surface area contributed by atoms with Gasteiger partial charge >= 0.3 is 0 Å². The van der Waals surface area contributed by atoms with E-state index in [4.69, 9.17) is 11.6 Å². The summed E-state index contributed by atoms with van der Waals surface area (Å²) in [5.41, 5.74) is 0. The van der Waals surface area contributed by atoms with Crippen molar-refractivity contribution in [3.8, 4) is 0 Å². The molecule has 0 bridgehead atoms. The summed E-state index contributed by atoms with van der Waals surface area (Å²) in [4.78, 5) is 9.66. The first-order valence-corrected chi connectivity index (χ1v) is 4.50. The van der Waals surface area contributed by atoms with Crippen LogP contribution >= 0.6 is 11.6 Å². The van der Waals surface area contributed by atoms with Crippen molar-refractivity contribution in [2.75, 3.05) is 18.0 Å². The summed E-state index contributed by atoms with van der Waals surface area (Å²) in [6, 6.07) is 1.65. The summed E-state index contributed by atoms with van der Waals surface area (Å²) >= 11 is 5.69. The summed E-state index contributed by atoms with van der Waals surface area (Å²) in [7, 11) is 0. The minimum atomic E-state index is -0.742. The molecule has 0 spiro atoms. The van der Waals surface area contributed by atoms with Crippen LogP contribution in [0.15, 0.2) is 12.4 Å². The Labute approximate surface area is 80.6 Å². The summed E-state index contributed by atoms with van der Waals surface area (Å²) in [6.45, 7) is 1.11. The molecule has 0 aliphatic carbocycles. The monoisotopic (exact) mass is 201 g/mol. The van der Waals surface area contributed by atoms with E-state index in [1.807, 2.05) is 4.90 Å². The lowest BCUT2D eigenvalue weighted by Crippen LogP contribution is -2.21. The molecule has 1 atom stereocenters. The van der Waals surface area contributed by atoms with E-state index in [9.17, 15) is 4.39 Å².